The molecule has 0 rings (SSSR count). The van der Waals surface area contributed by atoms with Crippen LogP contribution < -0.4 is 0 Å². The van der Waals surface area contributed by atoms with Gasteiger partial charge in [-0.2, -0.15) is 0 Å². The van der Waals surface area contributed by atoms with Gasteiger partial charge in [-0.1, -0.05) is 41.2 Å². The van der Waals surface area contributed by atoms with Crippen molar-refractivity contribution in [3.63, 3.8) is 0 Å². The molecule has 0 atom stereocenters. The average Bonchev–Trinajstić information content (AvgIpc) is 1.97. The summed E-state index contributed by atoms with van der Waals surface area (Å²) in [4.78, 5) is 11.3. The first-order valence-electron chi connectivity index (χ1n) is 4.88. The Morgan fingerprint density at radius 2 is 1.64 bits per heavy atom. The predicted molar refractivity (Wildman–Crippen MR) is 59.0 cm³/mol. The number of hydrogen-bond donors (Lipinski definition) is 0. The zero-order valence-corrected chi connectivity index (χ0v) is 10.2. The fourth-order valence-electron chi connectivity index (χ4n) is 1.83. The van der Waals surface area contributed by atoms with Crippen molar-refractivity contribution in [2.75, 3.05) is 7.11 Å². The summed E-state index contributed by atoms with van der Waals surface area (Å²) < 4.78 is 4.67. The lowest BCUT2D eigenvalue weighted by atomic mass is 9.72. The number of rotatable bonds is 3. The summed E-state index contributed by atoms with van der Waals surface area (Å²) in [5.41, 5.74) is 0.529. The molecule has 0 radical (unpaired) electrons. The van der Waals surface area contributed by atoms with Gasteiger partial charge in [-0.05, 0) is 17.3 Å². The molecule has 0 fully saturated rings. The maximum atomic E-state index is 11.3. The summed E-state index contributed by atoms with van der Waals surface area (Å²) in [7, 11) is 1.39. The Bertz CT molecular complexity index is 231. The van der Waals surface area contributed by atoms with Crippen LogP contribution in [0.25, 0.3) is 0 Å². The molecule has 0 unspecified atom stereocenters. The normalized spacial score (nSPS) is 12.4. The van der Waals surface area contributed by atoms with Crippen LogP contribution in [0.2, 0.25) is 0 Å². The SMILES string of the molecule is C=C(C(=O)OC)C(C)(C)CC(C)(C)C. The maximum Gasteiger partial charge on any atom is 0.333 e. The highest BCUT2D eigenvalue weighted by Gasteiger charge is 2.31. The highest BCUT2D eigenvalue weighted by molar-refractivity contribution is 5.88. The van der Waals surface area contributed by atoms with E-state index in [4.69, 9.17) is 0 Å². The number of ether oxygens (including phenoxy) is 1. The van der Waals surface area contributed by atoms with Gasteiger partial charge < -0.3 is 4.74 Å². The Labute approximate surface area is 87.3 Å². The number of methoxy groups -OCH3 is 1. The van der Waals surface area contributed by atoms with Crippen molar-refractivity contribution >= 4 is 5.97 Å². The highest BCUT2D eigenvalue weighted by atomic mass is 16.5. The molecule has 0 amide bonds. The van der Waals surface area contributed by atoms with Gasteiger partial charge in [-0.25, -0.2) is 4.79 Å². The van der Waals surface area contributed by atoms with Crippen molar-refractivity contribution in [1.82, 2.24) is 0 Å². The molecule has 0 spiro atoms. The van der Waals surface area contributed by atoms with Gasteiger partial charge in [-0.3, -0.25) is 0 Å². The summed E-state index contributed by atoms with van der Waals surface area (Å²) in [5.74, 6) is -0.306. The molecule has 82 valence electrons. The summed E-state index contributed by atoms with van der Waals surface area (Å²) in [6.07, 6.45) is 0.911. The first-order chi connectivity index (χ1) is 6.10. The molecule has 0 saturated heterocycles. The largest absolute Gasteiger partial charge is 0.466 e. The third-order valence-corrected chi connectivity index (χ3v) is 2.22. The number of hydrogen-bond acceptors (Lipinski definition) is 2. The molecular formula is C12H22O2. The van der Waals surface area contributed by atoms with Gasteiger partial charge in [-0.15, -0.1) is 0 Å². The molecule has 0 saturated carbocycles. The molecular weight excluding hydrogens is 176 g/mol. The molecule has 0 aliphatic carbocycles. The molecule has 0 heterocycles. The second kappa shape index (κ2) is 4.16. The Hall–Kier alpha value is -0.790. The van der Waals surface area contributed by atoms with Gasteiger partial charge >= 0.3 is 5.97 Å². The first kappa shape index (κ1) is 13.2. The van der Waals surface area contributed by atoms with Crippen LogP contribution in [0.4, 0.5) is 0 Å². The van der Waals surface area contributed by atoms with Gasteiger partial charge in [0.2, 0.25) is 0 Å². The minimum Gasteiger partial charge on any atom is -0.466 e. The molecule has 0 aliphatic heterocycles. The molecule has 0 aromatic rings. The number of esters is 1. The van der Waals surface area contributed by atoms with Crippen LogP contribution in [0, 0.1) is 10.8 Å². The zero-order valence-electron chi connectivity index (χ0n) is 10.2. The smallest absolute Gasteiger partial charge is 0.333 e. The van der Waals surface area contributed by atoms with Crippen LogP contribution in [0.3, 0.4) is 0 Å². The number of carbonyl (C=O) groups is 1. The van der Waals surface area contributed by atoms with E-state index in [-0.39, 0.29) is 16.8 Å². The minimum absolute atomic E-state index is 0.181. The predicted octanol–water partition coefficient (Wildman–Crippen LogP) is 3.18. The number of carbonyl (C=O) groups excluding carboxylic acids is 1. The molecule has 2 nitrogen and oxygen atoms in total. The lowest BCUT2D eigenvalue weighted by Crippen LogP contribution is -2.26. The zero-order chi connectivity index (χ0) is 11.6. The van der Waals surface area contributed by atoms with Gasteiger partial charge in [0.05, 0.1) is 7.11 Å². The summed E-state index contributed by atoms with van der Waals surface area (Å²) in [6.45, 7) is 14.3. The minimum atomic E-state index is -0.306. The summed E-state index contributed by atoms with van der Waals surface area (Å²) in [5, 5.41) is 0. The van der Waals surface area contributed by atoms with Crippen LogP contribution >= 0.6 is 0 Å². The van der Waals surface area contributed by atoms with Crippen molar-refractivity contribution in [2.45, 2.75) is 41.0 Å². The van der Waals surface area contributed by atoms with E-state index in [0.717, 1.165) is 6.42 Å². The molecule has 0 N–H and O–H groups in total. The van der Waals surface area contributed by atoms with Crippen molar-refractivity contribution in [1.29, 1.82) is 0 Å². The topological polar surface area (TPSA) is 26.3 Å². The van der Waals surface area contributed by atoms with E-state index < -0.39 is 0 Å². The fourth-order valence-corrected chi connectivity index (χ4v) is 1.83. The third kappa shape index (κ3) is 3.95. The van der Waals surface area contributed by atoms with E-state index in [9.17, 15) is 4.79 Å². The Balaban J connectivity index is 4.62. The average molecular weight is 198 g/mol. The third-order valence-electron chi connectivity index (χ3n) is 2.22. The summed E-state index contributed by atoms with van der Waals surface area (Å²) >= 11 is 0. The monoisotopic (exact) mass is 198 g/mol. The van der Waals surface area contributed by atoms with E-state index in [0.29, 0.717) is 5.57 Å². The van der Waals surface area contributed by atoms with Crippen LogP contribution in [-0.2, 0) is 9.53 Å². The van der Waals surface area contributed by atoms with Gasteiger partial charge in [0, 0.05) is 5.57 Å². The lowest BCUT2D eigenvalue weighted by molar-refractivity contribution is -0.137. The van der Waals surface area contributed by atoms with Crippen LogP contribution in [0.1, 0.15) is 41.0 Å². The van der Waals surface area contributed by atoms with E-state index >= 15 is 0 Å². The van der Waals surface area contributed by atoms with Crippen LogP contribution in [0.15, 0.2) is 12.2 Å². The molecule has 0 aliphatic rings. The van der Waals surface area contributed by atoms with Gasteiger partial charge in [0.1, 0.15) is 0 Å². The summed E-state index contributed by atoms with van der Waals surface area (Å²) in [6, 6.07) is 0. The lowest BCUT2D eigenvalue weighted by Gasteiger charge is -2.32. The van der Waals surface area contributed by atoms with Gasteiger partial charge in [0.25, 0.3) is 0 Å². The molecule has 14 heavy (non-hydrogen) atoms. The molecule has 0 bridgehead atoms. The quantitative estimate of drug-likeness (QED) is 0.514. The molecule has 0 aromatic heterocycles. The Morgan fingerprint density at radius 3 is 1.93 bits per heavy atom. The highest BCUT2D eigenvalue weighted by Crippen LogP contribution is 2.38. The van der Waals surface area contributed by atoms with Crippen molar-refractivity contribution in [2.24, 2.45) is 10.8 Å². The van der Waals surface area contributed by atoms with E-state index in [2.05, 4.69) is 32.1 Å². The van der Waals surface area contributed by atoms with Crippen LogP contribution in [0.5, 0.6) is 0 Å². The van der Waals surface area contributed by atoms with E-state index in [1.54, 1.807) is 0 Å². The van der Waals surface area contributed by atoms with Gasteiger partial charge in [0.15, 0.2) is 0 Å². The van der Waals surface area contributed by atoms with E-state index in [1.165, 1.54) is 7.11 Å². The first-order valence-corrected chi connectivity index (χ1v) is 4.88. The molecule has 0 aromatic carbocycles. The van der Waals surface area contributed by atoms with Crippen molar-refractivity contribution < 1.29 is 9.53 Å². The Kier molecular flexibility index (Phi) is 3.92. The van der Waals surface area contributed by atoms with Crippen molar-refractivity contribution in [3.05, 3.63) is 12.2 Å². The second-order valence-corrected chi connectivity index (χ2v) is 5.59. The van der Waals surface area contributed by atoms with Crippen molar-refractivity contribution in [3.8, 4) is 0 Å². The Morgan fingerprint density at radius 1 is 1.21 bits per heavy atom. The van der Waals surface area contributed by atoms with E-state index in [1.807, 2.05) is 13.8 Å². The molecule has 2 heteroatoms. The standard InChI is InChI=1S/C12H22O2/c1-9(10(13)14-7)12(5,6)8-11(2,3)4/h1,8H2,2-7H3. The maximum absolute atomic E-state index is 11.3. The van der Waals surface area contributed by atoms with Crippen LogP contribution in [-0.4, -0.2) is 13.1 Å². The second-order valence-electron chi connectivity index (χ2n) is 5.59. The fraction of sp³-hybridized carbons (Fsp3) is 0.750.